The maximum Gasteiger partial charge on any atom is 0.283 e. The number of nitrogens with zero attached hydrogens (tertiary/aromatic N) is 1. The van der Waals surface area contributed by atoms with Crippen LogP contribution in [0.15, 0.2) is 51.4 Å². The molecular formula is C14H12Br2N2O2. The van der Waals surface area contributed by atoms with Crippen molar-refractivity contribution in [3.05, 3.63) is 72.7 Å². The quantitative estimate of drug-likeness (QED) is 0.598. The minimum atomic E-state index is -0.388. The van der Waals surface area contributed by atoms with Crippen molar-refractivity contribution in [3.8, 4) is 0 Å². The minimum absolute atomic E-state index is 0.0881. The Hall–Kier alpha value is -1.24. The van der Waals surface area contributed by atoms with Crippen molar-refractivity contribution in [2.45, 2.75) is 13.1 Å². The zero-order chi connectivity index (χ0) is 14.5. The monoisotopic (exact) mass is 398 g/mol. The van der Waals surface area contributed by atoms with Crippen molar-refractivity contribution < 1.29 is 4.92 Å². The highest BCUT2D eigenvalue weighted by Gasteiger charge is 2.11. The van der Waals surface area contributed by atoms with Crippen LogP contribution >= 0.6 is 31.9 Å². The highest BCUT2D eigenvalue weighted by atomic mass is 79.9. The van der Waals surface area contributed by atoms with Gasteiger partial charge in [0.2, 0.25) is 0 Å². The molecule has 0 atom stereocenters. The molecule has 0 saturated carbocycles. The zero-order valence-electron chi connectivity index (χ0n) is 10.5. The Morgan fingerprint density at radius 2 is 1.80 bits per heavy atom. The predicted molar refractivity (Wildman–Crippen MR) is 85.5 cm³/mol. The molecule has 1 N–H and O–H groups in total. The number of hydrogen-bond acceptors (Lipinski definition) is 3. The fourth-order valence-electron chi connectivity index (χ4n) is 1.79. The summed E-state index contributed by atoms with van der Waals surface area (Å²) in [6, 6.07) is 13.1. The average molecular weight is 400 g/mol. The lowest BCUT2D eigenvalue weighted by Gasteiger charge is -2.07. The number of halogens is 2. The average Bonchev–Trinajstić information content (AvgIpc) is 2.42. The van der Waals surface area contributed by atoms with Crippen molar-refractivity contribution in [2.24, 2.45) is 0 Å². The molecule has 0 radical (unpaired) electrons. The van der Waals surface area contributed by atoms with E-state index in [0.717, 1.165) is 15.6 Å². The molecule has 0 aliphatic heterocycles. The molecule has 104 valence electrons. The molecule has 2 aromatic carbocycles. The first-order chi connectivity index (χ1) is 9.58. The maximum atomic E-state index is 10.9. The molecule has 2 rings (SSSR count). The highest BCUT2D eigenvalue weighted by Crippen LogP contribution is 2.25. The van der Waals surface area contributed by atoms with Crippen LogP contribution in [-0.2, 0) is 13.1 Å². The zero-order valence-corrected chi connectivity index (χ0v) is 13.6. The van der Waals surface area contributed by atoms with Gasteiger partial charge in [0.1, 0.15) is 0 Å². The van der Waals surface area contributed by atoms with Gasteiger partial charge in [0.05, 0.1) is 9.40 Å². The second kappa shape index (κ2) is 6.97. The number of benzene rings is 2. The summed E-state index contributed by atoms with van der Waals surface area (Å²) in [7, 11) is 0. The van der Waals surface area contributed by atoms with Crippen LogP contribution in [0.3, 0.4) is 0 Å². The summed E-state index contributed by atoms with van der Waals surface area (Å²) >= 11 is 6.66. The van der Waals surface area contributed by atoms with Crippen LogP contribution in [0.4, 0.5) is 5.69 Å². The van der Waals surface area contributed by atoms with E-state index in [1.165, 1.54) is 0 Å². The molecule has 20 heavy (non-hydrogen) atoms. The Morgan fingerprint density at radius 3 is 2.50 bits per heavy atom. The van der Waals surface area contributed by atoms with Gasteiger partial charge in [-0.3, -0.25) is 10.1 Å². The number of nitro groups is 1. The predicted octanol–water partition coefficient (Wildman–Crippen LogP) is 4.41. The van der Waals surface area contributed by atoms with E-state index in [9.17, 15) is 10.1 Å². The molecular weight excluding hydrogens is 388 g/mol. The smallest absolute Gasteiger partial charge is 0.283 e. The molecule has 0 fully saturated rings. The molecule has 0 spiro atoms. The normalized spacial score (nSPS) is 10.5. The van der Waals surface area contributed by atoms with Gasteiger partial charge in [-0.1, -0.05) is 40.2 Å². The Balaban J connectivity index is 2.00. The summed E-state index contributed by atoms with van der Waals surface area (Å²) in [5.74, 6) is 0. The van der Waals surface area contributed by atoms with E-state index < -0.39 is 0 Å². The van der Waals surface area contributed by atoms with E-state index in [1.54, 1.807) is 12.1 Å². The molecule has 0 saturated heterocycles. The van der Waals surface area contributed by atoms with Gasteiger partial charge in [-0.05, 0) is 39.2 Å². The lowest BCUT2D eigenvalue weighted by molar-refractivity contribution is -0.385. The third-order valence-electron chi connectivity index (χ3n) is 2.81. The molecule has 0 aromatic heterocycles. The fourth-order valence-corrected chi connectivity index (χ4v) is 2.61. The lowest BCUT2D eigenvalue weighted by Crippen LogP contribution is -2.13. The van der Waals surface area contributed by atoms with Crippen LogP contribution in [0, 0.1) is 10.1 Å². The Labute approximate surface area is 133 Å². The van der Waals surface area contributed by atoms with Gasteiger partial charge in [-0.15, -0.1) is 0 Å². The number of hydrogen-bond donors (Lipinski definition) is 1. The van der Waals surface area contributed by atoms with E-state index in [0.29, 0.717) is 17.6 Å². The Bertz CT molecular complexity index is 632. The van der Waals surface area contributed by atoms with Crippen LogP contribution in [0.2, 0.25) is 0 Å². The molecule has 0 aliphatic rings. The van der Waals surface area contributed by atoms with Gasteiger partial charge >= 0.3 is 0 Å². The van der Waals surface area contributed by atoms with Crippen molar-refractivity contribution in [2.75, 3.05) is 0 Å². The molecule has 4 nitrogen and oxygen atoms in total. The van der Waals surface area contributed by atoms with Gasteiger partial charge in [-0.25, -0.2) is 0 Å². The molecule has 0 amide bonds. The molecule has 0 heterocycles. The second-order valence-electron chi connectivity index (χ2n) is 4.24. The van der Waals surface area contributed by atoms with Crippen LogP contribution in [0.25, 0.3) is 0 Å². The third-order valence-corrected chi connectivity index (χ3v) is 4.25. The largest absolute Gasteiger partial charge is 0.309 e. The van der Waals surface area contributed by atoms with E-state index in [2.05, 4.69) is 37.2 Å². The number of nitrogens with one attached hydrogen (secondary N) is 1. The second-order valence-corrected chi connectivity index (χ2v) is 5.95. The van der Waals surface area contributed by atoms with Gasteiger partial charge in [0, 0.05) is 23.6 Å². The standard InChI is InChI=1S/C14H12Br2N2O2/c15-12-4-2-1-3-11(12)9-17-8-10-5-6-13(16)14(7-10)18(19)20/h1-7,17H,8-9H2. The summed E-state index contributed by atoms with van der Waals surface area (Å²) in [5, 5.41) is 14.1. The van der Waals surface area contributed by atoms with Crippen molar-refractivity contribution >= 4 is 37.5 Å². The van der Waals surface area contributed by atoms with E-state index >= 15 is 0 Å². The van der Waals surface area contributed by atoms with Gasteiger partial charge in [-0.2, -0.15) is 0 Å². The van der Waals surface area contributed by atoms with Gasteiger partial charge in [0.25, 0.3) is 5.69 Å². The first-order valence-corrected chi connectivity index (χ1v) is 7.53. The van der Waals surface area contributed by atoms with E-state index in [-0.39, 0.29) is 10.6 Å². The lowest BCUT2D eigenvalue weighted by atomic mass is 10.2. The number of rotatable bonds is 5. The Kier molecular flexibility index (Phi) is 5.28. The van der Waals surface area contributed by atoms with Crippen LogP contribution in [0.1, 0.15) is 11.1 Å². The topological polar surface area (TPSA) is 55.2 Å². The summed E-state index contributed by atoms with van der Waals surface area (Å²) in [6.45, 7) is 1.28. The third kappa shape index (κ3) is 3.88. The molecule has 0 aliphatic carbocycles. The van der Waals surface area contributed by atoms with E-state index in [1.807, 2.05) is 30.3 Å². The summed E-state index contributed by atoms with van der Waals surface area (Å²) in [4.78, 5) is 10.5. The maximum absolute atomic E-state index is 10.9. The number of nitro benzene ring substituents is 1. The van der Waals surface area contributed by atoms with Crippen molar-refractivity contribution in [1.82, 2.24) is 5.32 Å². The minimum Gasteiger partial charge on any atom is -0.309 e. The first-order valence-electron chi connectivity index (χ1n) is 5.95. The molecule has 2 aromatic rings. The van der Waals surface area contributed by atoms with E-state index in [4.69, 9.17) is 0 Å². The Morgan fingerprint density at radius 1 is 1.05 bits per heavy atom. The summed E-state index contributed by atoms with van der Waals surface area (Å²) in [6.07, 6.45) is 0. The van der Waals surface area contributed by atoms with Crippen molar-refractivity contribution in [1.29, 1.82) is 0 Å². The van der Waals surface area contributed by atoms with Crippen LogP contribution in [0.5, 0.6) is 0 Å². The summed E-state index contributed by atoms with van der Waals surface area (Å²) < 4.78 is 1.55. The summed E-state index contributed by atoms with van der Waals surface area (Å²) in [5.41, 5.74) is 2.12. The van der Waals surface area contributed by atoms with Crippen LogP contribution < -0.4 is 5.32 Å². The molecule has 0 unspecified atom stereocenters. The SMILES string of the molecule is O=[N+]([O-])c1cc(CNCc2ccccc2Br)ccc1Br. The van der Waals surface area contributed by atoms with Gasteiger partial charge in [0.15, 0.2) is 0 Å². The fraction of sp³-hybridized carbons (Fsp3) is 0.143. The molecule has 0 bridgehead atoms. The van der Waals surface area contributed by atoms with Crippen LogP contribution in [-0.4, -0.2) is 4.92 Å². The highest BCUT2D eigenvalue weighted by molar-refractivity contribution is 9.10. The molecule has 6 heteroatoms. The van der Waals surface area contributed by atoms with Gasteiger partial charge < -0.3 is 5.32 Å². The first kappa shape index (κ1) is 15.2. The van der Waals surface area contributed by atoms with Crippen molar-refractivity contribution in [3.63, 3.8) is 0 Å².